The minimum Gasteiger partial charge on any atom is -0.394 e. The molecule has 0 aromatic heterocycles. The van der Waals surface area contributed by atoms with Gasteiger partial charge in [0.1, 0.15) is 73.2 Å². The fourth-order valence-corrected chi connectivity index (χ4v) is 12.9. The van der Waals surface area contributed by atoms with Gasteiger partial charge in [-0.05, 0) is 70.6 Å². The van der Waals surface area contributed by atoms with Gasteiger partial charge in [-0.25, -0.2) is 0 Å². The van der Waals surface area contributed by atoms with Crippen LogP contribution in [0.5, 0.6) is 0 Å². The van der Waals surface area contributed by atoms with Crippen LogP contribution in [0.4, 0.5) is 0 Å². The smallest absolute Gasteiger partial charge is 0.220 e. The molecule has 0 radical (unpaired) electrons. The molecule has 3 heterocycles. The van der Waals surface area contributed by atoms with Gasteiger partial charge < -0.3 is 89.9 Å². The van der Waals surface area contributed by atoms with Gasteiger partial charge in [0.25, 0.3) is 0 Å². The Morgan fingerprint density at radius 3 is 1.08 bits per heavy atom. The van der Waals surface area contributed by atoms with E-state index in [2.05, 4.69) is 104 Å². The maximum absolute atomic E-state index is 13.5. The van der Waals surface area contributed by atoms with E-state index in [9.17, 15) is 61.0 Å². The van der Waals surface area contributed by atoms with E-state index in [-0.39, 0.29) is 18.9 Å². The lowest BCUT2D eigenvalue weighted by atomic mass is 9.96. The number of nitrogens with one attached hydrogen (secondary N) is 1. The molecule has 0 aromatic carbocycles. The molecular formula is C80H141NO18. The number of aliphatic hydroxyl groups is 11. The van der Waals surface area contributed by atoms with Crippen LogP contribution in [-0.2, 0) is 33.2 Å². The molecule has 17 atom stereocenters. The Labute approximate surface area is 597 Å². The van der Waals surface area contributed by atoms with E-state index in [0.717, 1.165) is 89.9 Å². The third-order valence-corrected chi connectivity index (χ3v) is 19.2. The first kappa shape index (κ1) is 90.2. The first-order chi connectivity index (χ1) is 48.3. The number of hydrogen-bond acceptors (Lipinski definition) is 18. The molecule has 0 bridgehead atoms. The molecule has 1 amide bonds. The molecule has 3 aliphatic rings. The second-order valence-electron chi connectivity index (χ2n) is 27.8. The van der Waals surface area contributed by atoms with Crippen LogP contribution >= 0.6 is 0 Å². The fourth-order valence-electron chi connectivity index (χ4n) is 12.9. The van der Waals surface area contributed by atoms with Crippen LogP contribution in [0.15, 0.2) is 85.1 Å². The molecule has 0 saturated carbocycles. The van der Waals surface area contributed by atoms with Gasteiger partial charge >= 0.3 is 0 Å². The molecule has 3 fully saturated rings. The van der Waals surface area contributed by atoms with Crippen LogP contribution in [0.3, 0.4) is 0 Å². The summed E-state index contributed by atoms with van der Waals surface area (Å²) in [6.45, 7) is 1.69. The quantitative estimate of drug-likeness (QED) is 0.0199. The van der Waals surface area contributed by atoms with Gasteiger partial charge in [0.15, 0.2) is 18.9 Å². The number of hydrogen-bond donors (Lipinski definition) is 12. The second-order valence-corrected chi connectivity index (χ2v) is 27.8. The van der Waals surface area contributed by atoms with Gasteiger partial charge in [0.2, 0.25) is 5.91 Å². The number of carbonyl (C=O) groups excluding carboxylic acids is 1. The summed E-state index contributed by atoms with van der Waals surface area (Å²) in [6.07, 6.45) is 52.4. The molecular weight excluding hydrogens is 1260 g/mol. The van der Waals surface area contributed by atoms with Crippen molar-refractivity contribution in [2.75, 3.05) is 26.4 Å². The summed E-state index contributed by atoms with van der Waals surface area (Å²) in [5.41, 5.74) is 0. The van der Waals surface area contributed by atoms with E-state index in [1.54, 1.807) is 0 Å². The van der Waals surface area contributed by atoms with E-state index in [4.69, 9.17) is 28.4 Å². The third-order valence-electron chi connectivity index (χ3n) is 19.2. The van der Waals surface area contributed by atoms with Crippen molar-refractivity contribution in [3.63, 3.8) is 0 Å². The summed E-state index contributed by atoms with van der Waals surface area (Å²) >= 11 is 0. The number of unbranched alkanes of at least 4 members (excludes halogenated alkanes) is 31. The van der Waals surface area contributed by atoms with Crippen molar-refractivity contribution >= 4 is 5.91 Å². The maximum atomic E-state index is 13.5. The highest BCUT2D eigenvalue weighted by Gasteiger charge is 2.54. The lowest BCUT2D eigenvalue weighted by Gasteiger charge is -2.48. The zero-order chi connectivity index (χ0) is 71.8. The Morgan fingerprint density at radius 2 is 0.697 bits per heavy atom. The van der Waals surface area contributed by atoms with Crippen molar-refractivity contribution in [1.29, 1.82) is 0 Å². The molecule has 17 unspecified atom stereocenters. The molecule has 574 valence electrons. The van der Waals surface area contributed by atoms with Crippen LogP contribution in [0.1, 0.15) is 284 Å². The van der Waals surface area contributed by atoms with E-state index in [1.165, 1.54) is 161 Å². The predicted molar refractivity (Wildman–Crippen MR) is 392 cm³/mol. The molecule has 3 saturated heterocycles. The standard InChI is InChI=1S/C80H141NO18/c1-3-5-7-9-11-13-15-17-19-21-23-25-27-29-30-31-32-34-35-37-39-41-43-45-47-49-51-53-55-57-64(85)63(81-68(86)58-56-54-52-50-48-46-44-42-40-38-36-33-28-26-24-22-20-18-16-14-12-10-8-6-4-2)62-94-78-74(92)71(89)76(66(60-83)96-78)99-80-75(93)72(90)77(67(61-84)97-80)98-79-73(91)70(88)69(87)65(59-82)95-79/h6,8,12,14,18,20,24,26,33,36,40,42,46,48,63-67,69-80,82-85,87-93H,3-5,7,9-11,13,15-17,19,21-23,25,27-32,34-35,37-39,41,43-45,47,49-62H2,1-2H3,(H,81,86)/b8-6-,14-12-,20-18-,26-24-,36-33-,42-40-,48-46-. The first-order valence-electron chi connectivity index (χ1n) is 39.3. The number of allylic oxidation sites excluding steroid dienone is 14. The Morgan fingerprint density at radius 1 is 0.374 bits per heavy atom. The fraction of sp³-hybridized carbons (Fsp3) is 0.812. The van der Waals surface area contributed by atoms with Crippen LogP contribution in [0.25, 0.3) is 0 Å². The Kier molecular flexibility index (Phi) is 54.9. The zero-order valence-electron chi connectivity index (χ0n) is 61.2. The average Bonchev–Trinajstić information content (AvgIpc) is 0.755. The number of ether oxygens (including phenoxy) is 6. The van der Waals surface area contributed by atoms with Crippen molar-refractivity contribution in [2.45, 2.75) is 388 Å². The van der Waals surface area contributed by atoms with Crippen molar-refractivity contribution < 1.29 is 89.4 Å². The molecule has 19 nitrogen and oxygen atoms in total. The lowest BCUT2D eigenvalue weighted by molar-refractivity contribution is -0.379. The minimum atomic E-state index is -1.98. The van der Waals surface area contributed by atoms with Gasteiger partial charge in [0.05, 0.1) is 38.6 Å². The van der Waals surface area contributed by atoms with E-state index < -0.39 is 124 Å². The van der Waals surface area contributed by atoms with Crippen LogP contribution in [0.2, 0.25) is 0 Å². The van der Waals surface area contributed by atoms with E-state index in [0.29, 0.717) is 12.8 Å². The predicted octanol–water partition coefficient (Wildman–Crippen LogP) is 12.6. The third kappa shape index (κ3) is 40.7. The van der Waals surface area contributed by atoms with Gasteiger partial charge in [-0.1, -0.05) is 292 Å². The summed E-state index contributed by atoms with van der Waals surface area (Å²) in [6, 6.07) is -0.913. The number of aliphatic hydroxyl groups excluding tert-OH is 11. The number of amides is 1. The summed E-state index contributed by atoms with van der Waals surface area (Å²) in [5, 5.41) is 121. The number of rotatable bonds is 61. The molecule has 0 aromatic rings. The number of carbonyl (C=O) groups is 1. The summed E-state index contributed by atoms with van der Waals surface area (Å²) in [5.74, 6) is -0.275. The monoisotopic (exact) mass is 1400 g/mol. The largest absolute Gasteiger partial charge is 0.394 e. The SMILES string of the molecule is CC/C=C\C/C=C\C/C=C\C/C=C\C/C=C\C/C=C\C/C=C\CCCCCC(=O)NC(COC1OC(CO)C(OC2OC(CO)C(OC3OC(CO)C(O)C(O)C3O)C(O)C2O)C(O)C1O)C(O)CCCCCCCCCCCCCCCCCCCCCCCCCCCCCCC. The molecule has 3 rings (SSSR count). The highest BCUT2D eigenvalue weighted by atomic mass is 16.8. The van der Waals surface area contributed by atoms with Gasteiger partial charge in [-0.3, -0.25) is 4.79 Å². The summed E-state index contributed by atoms with van der Waals surface area (Å²) < 4.78 is 34.5. The second kappa shape index (κ2) is 60.3. The lowest BCUT2D eigenvalue weighted by Crippen LogP contribution is -2.66. The molecule has 19 heteroatoms. The Bertz CT molecular complexity index is 2120. The minimum absolute atomic E-state index is 0.222. The first-order valence-corrected chi connectivity index (χ1v) is 39.3. The molecule has 0 spiro atoms. The Hall–Kier alpha value is -3.03. The topological polar surface area (TPSA) is 307 Å². The Balaban J connectivity index is 1.40. The van der Waals surface area contributed by atoms with Gasteiger partial charge in [0, 0.05) is 6.42 Å². The van der Waals surface area contributed by atoms with Crippen LogP contribution in [0, 0.1) is 0 Å². The van der Waals surface area contributed by atoms with Crippen LogP contribution in [-0.4, -0.2) is 193 Å². The average molecular weight is 1400 g/mol. The summed E-state index contributed by atoms with van der Waals surface area (Å²) in [4.78, 5) is 13.5. The molecule has 3 aliphatic heterocycles. The van der Waals surface area contributed by atoms with Crippen molar-refractivity contribution in [1.82, 2.24) is 5.32 Å². The highest BCUT2D eigenvalue weighted by molar-refractivity contribution is 5.76. The molecule has 12 N–H and O–H groups in total. The maximum Gasteiger partial charge on any atom is 0.220 e. The van der Waals surface area contributed by atoms with Gasteiger partial charge in [-0.2, -0.15) is 0 Å². The van der Waals surface area contributed by atoms with Crippen molar-refractivity contribution in [2.24, 2.45) is 0 Å². The summed E-state index contributed by atoms with van der Waals surface area (Å²) in [7, 11) is 0. The zero-order valence-corrected chi connectivity index (χ0v) is 61.2. The van der Waals surface area contributed by atoms with E-state index >= 15 is 0 Å². The van der Waals surface area contributed by atoms with Gasteiger partial charge in [-0.15, -0.1) is 0 Å². The highest BCUT2D eigenvalue weighted by Crippen LogP contribution is 2.33. The molecule has 99 heavy (non-hydrogen) atoms. The molecule has 0 aliphatic carbocycles. The van der Waals surface area contributed by atoms with Crippen LogP contribution < -0.4 is 5.32 Å². The van der Waals surface area contributed by atoms with E-state index in [1.807, 2.05) is 0 Å². The van der Waals surface area contributed by atoms with Crippen molar-refractivity contribution in [3.05, 3.63) is 85.1 Å². The van der Waals surface area contributed by atoms with Crippen molar-refractivity contribution in [3.8, 4) is 0 Å². The normalized spacial score (nSPS) is 27.1.